The van der Waals surface area contributed by atoms with Crippen molar-refractivity contribution in [2.75, 3.05) is 0 Å². The molecule has 1 rings (SSSR count). The van der Waals surface area contributed by atoms with E-state index < -0.39 is 0 Å². The van der Waals surface area contributed by atoms with Gasteiger partial charge in [-0.3, -0.25) is 4.79 Å². The maximum Gasteiger partial charge on any atom is 0.237 e. The highest BCUT2D eigenvalue weighted by Crippen LogP contribution is 2.29. The summed E-state index contributed by atoms with van der Waals surface area (Å²) in [6.07, 6.45) is 4.32. The third kappa shape index (κ3) is 3.20. The summed E-state index contributed by atoms with van der Waals surface area (Å²) >= 11 is 0. The lowest BCUT2D eigenvalue weighted by Crippen LogP contribution is -2.49. The van der Waals surface area contributed by atoms with Gasteiger partial charge < -0.3 is 11.1 Å². The predicted octanol–water partition coefficient (Wildman–Crippen LogP) is 1.66. The summed E-state index contributed by atoms with van der Waals surface area (Å²) in [6.45, 7) is 6.44. The minimum Gasteiger partial charge on any atom is -0.352 e. The molecule has 3 N–H and O–H groups in total. The molecule has 1 saturated carbocycles. The van der Waals surface area contributed by atoms with E-state index in [4.69, 9.17) is 5.73 Å². The van der Waals surface area contributed by atoms with E-state index in [9.17, 15) is 4.79 Å². The summed E-state index contributed by atoms with van der Waals surface area (Å²) in [5.74, 6) is 1.30. The Morgan fingerprint density at radius 1 is 1.47 bits per heavy atom. The number of carbonyl (C=O) groups excluding carboxylic acids is 1. The molecule has 1 aliphatic rings. The topological polar surface area (TPSA) is 55.1 Å². The average Bonchev–Trinajstić information content (AvgIpc) is 2.23. The molecule has 3 heteroatoms. The summed E-state index contributed by atoms with van der Waals surface area (Å²) in [4.78, 5) is 11.7. The third-order valence-corrected chi connectivity index (χ3v) is 3.81. The van der Waals surface area contributed by atoms with Crippen LogP contribution in [0.25, 0.3) is 0 Å². The van der Waals surface area contributed by atoms with Crippen molar-refractivity contribution in [3.05, 3.63) is 0 Å². The highest BCUT2D eigenvalue weighted by Gasteiger charge is 2.28. The van der Waals surface area contributed by atoms with Gasteiger partial charge in [-0.2, -0.15) is 0 Å². The third-order valence-electron chi connectivity index (χ3n) is 3.81. The summed E-state index contributed by atoms with van der Waals surface area (Å²) in [5, 5.41) is 3.09. The van der Waals surface area contributed by atoms with Gasteiger partial charge in [0.2, 0.25) is 5.91 Å². The van der Waals surface area contributed by atoms with Gasteiger partial charge in [-0.25, -0.2) is 0 Å². The fraction of sp³-hybridized carbons (Fsp3) is 0.917. The molecule has 1 amide bonds. The quantitative estimate of drug-likeness (QED) is 0.747. The molecule has 0 spiro atoms. The van der Waals surface area contributed by atoms with Gasteiger partial charge in [-0.1, -0.05) is 33.6 Å². The number of hydrogen-bond acceptors (Lipinski definition) is 2. The van der Waals surface area contributed by atoms with E-state index in [-0.39, 0.29) is 11.9 Å². The van der Waals surface area contributed by atoms with Crippen molar-refractivity contribution in [1.29, 1.82) is 0 Å². The van der Waals surface area contributed by atoms with Crippen molar-refractivity contribution in [2.45, 2.75) is 58.5 Å². The van der Waals surface area contributed by atoms with Crippen LogP contribution in [-0.4, -0.2) is 18.0 Å². The Morgan fingerprint density at radius 3 is 2.73 bits per heavy atom. The van der Waals surface area contributed by atoms with Crippen LogP contribution in [0.3, 0.4) is 0 Å². The van der Waals surface area contributed by atoms with Crippen LogP contribution in [0, 0.1) is 11.8 Å². The fourth-order valence-electron chi connectivity index (χ4n) is 2.26. The van der Waals surface area contributed by atoms with Gasteiger partial charge in [0.05, 0.1) is 6.04 Å². The van der Waals surface area contributed by atoms with E-state index >= 15 is 0 Å². The van der Waals surface area contributed by atoms with E-state index in [2.05, 4.69) is 19.2 Å². The highest BCUT2D eigenvalue weighted by molar-refractivity contribution is 5.81. The Balaban J connectivity index is 2.46. The molecule has 0 heterocycles. The maximum atomic E-state index is 11.7. The van der Waals surface area contributed by atoms with Crippen LogP contribution in [0.1, 0.15) is 46.5 Å². The summed E-state index contributed by atoms with van der Waals surface area (Å²) in [6, 6.07) is -0.00622. The lowest BCUT2D eigenvalue weighted by molar-refractivity contribution is -0.123. The van der Waals surface area contributed by atoms with E-state index in [1.54, 1.807) is 0 Å². The minimum atomic E-state index is -0.338. The molecule has 0 bridgehead atoms. The number of nitrogens with two attached hydrogens (primary N) is 1. The molecular formula is C12H24N2O. The van der Waals surface area contributed by atoms with Crippen LogP contribution in [0.4, 0.5) is 0 Å². The molecule has 3 unspecified atom stereocenters. The second kappa shape index (κ2) is 5.50. The van der Waals surface area contributed by atoms with Gasteiger partial charge in [-0.15, -0.1) is 0 Å². The predicted molar refractivity (Wildman–Crippen MR) is 62.4 cm³/mol. The van der Waals surface area contributed by atoms with Crippen LogP contribution in [0.15, 0.2) is 0 Å². The number of rotatable bonds is 3. The first-order chi connectivity index (χ1) is 7.06. The molecule has 1 aliphatic carbocycles. The summed E-state index contributed by atoms with van der Waals surface area (Å²) < 4.78 is 0. The number of amides is 1. The lowest BCUT2D eigenvalue weighted by Gasteiger charge is -2.35. The molecule has 0 aromatic carbocycles. The zero-order valence-electron chi connectivity index (χ0n) is 10.1. The van der Waals surface area contributed by atoms with Crippen LogP contribution in [-0.2, 0) is 4.79 Å². The molecule has 1 fully saturated rings. The van der Waals surface area contributed by atoms with E-state index in [0.717, 1.165) is 6.42 Å². The molecule has 0 aliphatic heterocycles. The zero-order chi connectivity index (χ0) is 11.4. The summed E-state index contributed by atoms with van der Waals surface area (Å²) in [7, 11) is 0. The zero-order valence-corrected chi connectivity index (χ0v) is 10.1. The largest absolute Gasteiger partial charge is 0.352 e. The first-order valence-electron chi connectivity index (χ1n) is 6.12. The van der Waals surface area contributed by atoms with E-state index in [0.29, 0.717) is 24.3 Å². The molecule has 3 nitrogen and oxygen atoms in total. The van der Waals surface area contributed by atoms with Gasteiger partial charge in [0.25, 0.3) is 0 Å². The second-order valence-corrected chi connectivity index (χ2v) is 4.90. The first kappa shape index (κ1) is 12.5. The van der Waals surface area contributed by atoms with Gasteiger partial charge >= 0.3 is 0 Å². The van der Waals surface area contributed by atoms with E-state index in [1.807, 2.05) is 6.92 Å². The van der Waals surface area contributed by atoms with Crippen molar-refractivity contribution in [1.82, 2.24) is 5.32 Å². The average molecular weight is 212 g/mol. The molecule has 4 atom stereocenters. The number of hydrogen-bond donors (Lipinski definition) is 2. The number of nitrogens with one attached hydrogen (secondary N) is 1. The Kier molecular flexibility index (Phi) is 4.58. The monoisotopic (exact) mass is 212 g/mol. The Bertz CT molecular complexity index is 218. The van der Waals surface area contributed by atoms with Crippen LogP contribution < -0.4 is 11.1 Å². The second-order valence-electron chi connectivity index (χ2n) is 4.90. The van der Waals surface area contributed by atoms with Gasteiger partial charge in [0.15, 0.2) is 0 Å². The molecule has 0 radical (unpaired) electrons. The smallest absolute Gasteiger partial charge is 0.237 e. The molecule has 0 aromatic heterocycles. The standard InChI is InChI=1S/C12H24N2O/c1-4-10(13)12(15)14-11-7-5-6-8(2)9(11)3/h8-11H,4-7,13H2,1-3H3,(H,14,15)/t8?,9?,10-,11?/m0/s1. The van der Waals surface area contributed by atoms with Crippen LogP contribution in [0.2, 0.25) is 0 Å². The Morgan fingerprint density at radius 2 is 2.13 bits per heavy atom. The Labute approximate surface area is 92.8 Å². The van der Waals surface area contributed by atoms with Crippen molar-refractivity contribution in [2.24, 2.45) is 17.6 Å². The van der Waals surface area contributed by atoms with Crippen LogP contribution >= 0.6 is 0 Å². The highest BCUT2D eigenvalue weighted by atomic mass is 16.2. The molecule has 0 aromatic rings. The van der Waals surface area contributed by atoms with E-state index in [1.165, 1.54) is 12.8 Å². The molecular weight excluding hydrogens is 188 g/mol. The fourth-order valence-corrected chi connectivity index (χ4v) is 2.26. The number of carbonyl (C=O) groups is 1. The SMILES string of the molecule is CC[C@H](N)C(=O)NC1CCCC(C)C1C. The van der Waals surface area contributed by atoms with Crippen molar-refractivity contribution in [3.8, 4) is 0 Å². The first-order valence-corrected chi connectivity index (χ1v) is 6.12. The normalized spacial score (nSPS) is 33.5. The summed E-state index contributed by atoms with van der Waals surface area (Å²) in [5.41, 5.74) is 5.70. The van der Waals surface area contributed by atoms with Crippen molar-refractivity contribution < 1.29 is 4.79 Å². The van der Waals surface area contributed by atoms with Crippen molar-refractivity contribution >= 4 is 5.91 Å². The van der Waals surface area contributed by atoms with Gasteiger partial charge in [0, 0.05) is 6.04 Å². The Hall–Kier alpha value is -0.570. The molecule has 88 valence electrons. The maximum absolute atomic E-state index is 11.7. The van der Waals surface area contributed by atoms with Gasteiger partial charge in [0.1, 0.15) is 0 Å². The molecule has 0 saturated heterocycles. The van der Waals surface area contributed by atoms with Crippen molar-refractivity contribution in [3.63, 3.8) is 0 Å². The van der Waals surface area contributed by atoms with Gasteiger partial charge in [-0.05, 0) is 24.7 Å². The lowest BCUT2D eigenvalue weighted by atomic mass is 9.78. The molecule has 15 heavy (non-hydrogen) atoms. The van der Waals surface area contributed by atoms with Crippen LogP contribution in [0.5, 0.6) is 0 Å². The minimum absolute atomic E-state index is 0.0171.